The zero-order chi connectivity index (χ0) is 20.7. The second-order valence-corrected chi connectivity index (χ2v) is 7.52. The standard InChI is InChI=1S/C25H38N2O2/c1-3-5-16-27(17-6-4-2)18-15-26-21-22-7-9-23(10-8-22)24-11-13-25(14-12-24)29-20-19-28/h7-14,26,28H,3-6,15-21H2,1-2H3. The van der Waals surface area contributed by atoms with E-state index in [-0.39, 0.29) is 6.61 Å². The number of benzene rings is 2. The number of rotatable bonds is 15. The van der Waals surface area contributed by atoms with E-state index in [1.165, 1.54) is 55.5 Å². The van der Waals surface area contributed by atoms with Crippen LogP contribution in [0.4, 0.5) is 0 Å². The first-order valence-electron chi connectivity index (χ1n) is 11.1. The van der Waals surface area contributed by atoms with Gasteiger partial charge in [-0.2, -0.15) is 0 Å². The van der Waals surface area contributed by atoms with Crippen LogP contribution in [0.2, 0.25) is 0 Å². The van der Waals surface area contributed by atoms with Crippen LogP contribution in [0.5, 0.6) is 5.75 Å². The fourth-order valence-electron chi connectivity index (χ4n) is 3.29. The van der Waals surface area contributed by atoms with Crippen molar-refractivity contribution in [3.63, 3.8) is 0 Å². The molecule has 0 spiro atoms. The number of nitrogens with one attached hydrogen (secondary N) is 1. The summed E-state index contributed by atoms with van der Waals surface area (Å²) in [5, 5.41) is 12.4. The zero-order valence-corrected chi connectivity index (χ0v) is 18.2. The number of hydrogen-bond donors (Lipinski definition) is 2. The number of unbranched alkanes of at least 4 members (excludes halogenated alkanes) is 2. The van der Waals surface area contributed by atoms with Crippen molar-refractivity contribution < 1.29 is 9.84 Å². The monoisotopic (exact) mass is 398 g/mol. The van der Waals surface area contributed by atoms with E-state index in [2.05, 4.69) is 60.5 Å². The molecule has 0 aliphatic heterocycles. The summed E-state index contributed by atoms with van der Waals surface area (Å²) in [7, 11) is 0. The van der Waals surface area contributed by atoms with Crippen molar-refractivity contribution in [2.24, 2.45) is 0 Å². The molecule has 0 aliphatic rings. The Hall–Kier alpha value is -1.88. The molecule has 4 heteroatoms. The lowest BCUT2D eigenvalue weighted by molar-refractivity contribution is 0.201. The van der Waals surface area contributed by atoms with Gasteiger partial charge in [0.15, 0.2) is 0 Å². The van der Waals surface area contributed by atoms with Crippen LogP contribution in [-0.4, -0.2) is 49.4 Å². The Kier molecular flexibility index (Phi) is 11.4. The Labute approximate surface area is 176 Å². The molecule has 160 valence electrons. The summed E-state index contributed by atoms with van der Waals surface area (Å²) in [5.74, 6) is 0.788. The molecule has 0 radical (unpaired) electrons. The highest BCUT2D eigenvalue weighted by atomic mass is 16.5. The Morgan fingerprint density at radius 2 is 1.41 bits per heavy atom. The molecule has 0 saturated carbocycles. The van der Waals surface area contributed by atoms with Gasteiger partial charge in [-0.3, -0.25) is 0 Å². The first-order chi connectivity index (χ1) is 14.3. The van der Waals surface area contributed by atoms with Gasteiger partial charge in [-0.15, -0.1) is 0 Å². The van der Waals surface area contributed by atoms with Crippen LogP contribution in [0, 0.1) is 0 Å². The lowest BCUT2D eigenvalue weighted by Crippen LogP contribution is -2.33. The van der Waals surface area contributed by atoms with Gasteiger partial charge in [-0.25, -0.2) is 0 Å². The van der Waals surface area contributed by atoms with Gasteiger partial charge in [-0.05, 0) is 54.8 Å². The van der Waals surface area contributed by atoms with Crippen molar-refractivity contribution in [3.05, 3.63) is 54.1 Å². The van der Waals surface area contributed by atoms with Crippen LogP contribution in [0.3, 0.4) is 0 Å². The molecule has 0 aromatic heterocycles. The average molecular weight is 399 g/mol. The Balaban J connectivity index is 1.76. The molecule has 29 heavy (non-hydrogen) atoms. The van der Waals surface area contributed by atoms with Crippen molar-refractivity contribution in [2.45, 2.75) is 46.1 Å². The Bertz CT molecular complexity index is 648. The third-order valence-corrected chi connectivity index (χ3v) is 5.09. The van der Waals surface area contributed by atoms with E-state index < -0.39 is 0 Å². The molecule has 4 nitrogen and oxygen atoms in total. The summed E-state index contributed by atoms with van der Waals surface area (Å²) >= 11 is 0. The average Bonchev–Trinajstić information content (AvgIpc) is 2.77. The normalized spacial score (nSPS) is 11.2. The summed E-state index contributed by atoms with van der Waals surface area (Å²) in [5.41, 5.74) is 3.68. The fraction of sp³-hybridized carbons (Fsp3) is 0.520. The minimum Gasteiger partial charge on any atom is -0.491 e. The van der Waals surface area contributed by atoms with Crippen LogP contribution in [-0.2, 0) is 6.54 Å². The van der Waals surface area contributed by atoms with E-state index in [0.29, 0.717) is 6.61 Å². The predicted octanol–water partition coefficient (Wildman–Crippen LogP) is 4.72. The van der Waals surface area contributed by atoms with Gasteiger partial charge < -0.3 is 20.1 Å². The topological polar surface area (TPSA) is 44.7 Å². The van der Waals surface area contributed by atoms with Crippen LogP contribution >= 0.6 is 0 Å². The van der Waals surface area contributed by atoms with E-state index in [1.54, 1.807) is 0 Å². The number of aliphatic hydroxyl groups excluding tert-OH is 1. The molecule has 0 amide bonds. The molecule has 2 rings (SSSR count). The zero-order valence-electron chi connectivity index (χ0n) is 18.2. The first-order valence-corrected chi connectivity index (χ1v) is 11.1. The van der Waals surface area contributed by atoms with Crippen molar-refractivity contribution in [2.75, 3.05) is 39.4 Å². The second-order valence-electron chi connectivity index (χ2n) is 7.52. The quantitative estimate of drug-likeness (QED) is 0.426. The maximum Gasteiger partial charge on any atom is 0.119 e. The lowest BCUT2D eigenvalue weighted by atomic mass is 10.0. The Morgan fingerprint density at radius 1 is 0.828 bits per heavy atom. The largest absolute Gasteiger partial charge is 0.491 e. The van der Waals surface area contributed by atoms with Crippen LogP contribution in [0.1, 0.15) is 45.1 Å². The van der Waals surface area contributed by atoms with Crippen molar-refractivity contribution in [1.29, 1.82) is 0 Å². The molecule has 2 aromatic rings. The van der Waals surface area contributed by atoms with Crippen LogP contribution in [0.25, 0.3) is 11.1 Å². The number of hydrogen-bond acceptors (Lipinski definition) is 4. The minimum absolute atomic E-state index is 0.0345. The predicted molar refractivity (Wildman–Crippen MR) is 122 cm³/mol. The molecule has 2 aromatic carbocycles. The SMILES string of the molecule is CCCCN(CCCC)CCNCc1ccc(-c2ccc(OCCO)cc2)cc1. The van der Waals surface area contributed by atoms with Gasteiger partial charge in [0.05, 0.1) is 6.61 Å². The van der Waals surface area contributed by atoms with E-state index >= 15 is 0 Å². The molecular formula is C25H38N2O2. The van der Waals surface area contributed by atoms with E-state index in [9.17, 15) is 0 Å². The summed E-state index contributed by atoms with van der Waals surface area (Å²) in [4.78, 5) is 2.59. The molecule has 0 fully saturated rings. The molecule has 0 heterocycles. The molecule has 0 saturated heterocycles. The van der Waals surface area contributed by atoms with Gasteiger partial charge in [0.25, 0.3) is 0 Å². The molecule has 0 unspecified atom stereocenters. The summed E-state index contributed by atoms with van der Waals surface area (Å²) in [6.45, 7) is 10.4. The highest BCUT2D eigenvalue weighted by molar-refractivity contribution is 5.64. The molecule has 0 atom stereocenters. The number of ether oxygens (including phenoxy) is 1. The number of nitrogens with zero attached hydrogens (tertiary/aromatic N) is 1. The lowest BCUT2D eigenvalue weighted by Gasteiger charge is -2.22. The smallest absolute Gasteiger partial charge is 0.119 e. The fourth-order valence-corrected chi connectivity index (χ4v) is 3.29. The Morgan fingerprint density at radius 3 is 1.97 bits per heavy atom. The van der Waals surface area contributed by atoms with Gasteiger partial charge in [0, 0.05) is 19.6 Å². The molecule has 0 bridgehead atoms. The van der Waals surface area contributed by atoms with E-state index in [4.69, 9.17) is 9.84 Å². The maximum absolute atomic E-state index is 8.83. The first kappa shape index (κ1) is 23.4. The van der Waals surface area contributed by atoms with E-state index in [1.807, 2.05) is 12.1 Å². The van der Waals surface area contributed by atoms with Crippen LogP contribution in [0.15, 0.2) is 48.5 Å². The van der Waals surface area contributed by atoms with Gasteiger partial charge >= 0.3 is 0 Å². The van der Waals surface area contributed by atoms with Crippen molar-refractivity contribution in [3.8, 4) is 16.9 Å². The molecule has 0 aliphatic carbocycles. The van der Waals surface area contributed by atoms with Crippen LogP contribution < -0.4 is 10.1 Å². The highest BCUT2D eigenvalue weighted by Gasteiger charge is 2.04. The van der Waals surface area contributed by atoms with Crippen molar-refractivity contribution in [1.82, 2.24) is 10.2 Å². The van der Waals surface area contributed by atoms with Gasteiger partial charge in [0.2, 0.25) is 0 Å². The molecule has 2 N–H and O–H groups in total. The maximum atomic E-state index is 8.83. The van der Waals surface area contributed by atoms with E-state index in [0.717, 1.165) is 25.4 Å². The van der Waals surface area contributed by atoms with Gasteiger partial charge in [-0.1, -0.05) is 63.1 Å². The molecular weight excluding hydrogens is 360 g/mol. The third-order valence-electron chi connectivity index (χ3n) is 5.09. The summed E-state index contributed by atoms with van der Waals surface area (Å²) in [6.07, 6.45) is 5.11. The highest BCUT2D eigenvalue weighted by Crippen LogP contribution is 2.22. The summed E-state index contributed by atoms with van der Waals surface area (Å²) < 4.78 is 5.42. The number of aliphatic hydroxyl groups is 1. The van der Waals surface area contributed by atoms with Gasteiger partial charge in [0.1, 0.15) is 12.4 Å². The van der Waals surface area contributed by atoms with Crippen molar-refractivity contribution >= 4 is 0 Å². The minimum atomic E-state index is 0.0345. The summed E-state index contributed by atoms with van der Waals surface area (Å²) in [6, 6.07) is 16.8. The third kappa shape index (κ3) is 8.99. The second kappa shape index (κ2) is 14.2.